The molecule has 0 bridgehead atoms. The van der Waals surface area contributed by atoms with Crippen LogP contribution in [0.15, 0.2) is 24.3 Å². The van der Waals surface area contributed by atoms with Gasteiger partial charge in [0.05, 0.1) is 0 Å². The van der Waals surface area contributed by atoms with Crippen LogP contribution in [0, 0.1) is 11.7 Å². The summed E-state index contributed by atoms with van der Waals surface area (Å²) in [5.74, 6) is 0.578. The van der Waals surface area contributed by atoms with Crippen molar-refractivity contribution < 1.29 is 4.39 Å². The first-order valence-corrected chi connectivity index (χ1v) is 6.50. The van der Waals surface area contributed by atoms with Crippen LogP contribution in [0.5, 0.6) is 0 Å². The molecule has 1 aromatic rings. The van der Waals surface area contributed by atoms with E-state index in [1.54, 1.807) is 12.1 Å². The van der Waals surface area contributed by atoms with E-state index in [-0.39, 0.29) is 11.9 Å². The molecule has 96 valence electrons. The normalized spacial score (nSPS) is 14.9. The summed E-state index contributed by atoms with van der Waals surface area (Å²) in [5.41, 5.74) is 1.02. The van der Waals surface area contributed by atoms with E-state index in [1.807, 2.05) is 6.07 Å². The number of nitrogens with one attached hydrogen (secondary N) is 1. The predicted molar refractivity (Wildman–Crippen MR) is 71.5 cm³/mol. The summed E-state index contributed by atoms with van der Waals surface area (Å²) in [5, 5.41) is 3.51. The van der Waals surface area contributed by atoms with Crippen LogP contribution in [0.1, 0.15) is 52.1 Å². The van der Waals surface area contributed by atoms with Crippen LogP contribution in [0.2, 0.25) is 0 Å². The summed E-state index contributed by atoms with van der Waals surface area (Å²) in [6.07, 6.45) is 2.39. The van der Waals surface area contributed by atoms with Gasteiger partial charge >= 0.3 is 0 Å². The molecule has 0 aromatic heterocycles. The molecule has 1 rings (SSSR count). The predicted octanol–water partition coefficient (Wildman–Crippen LogP) is 4.30. The number of hydrogen-bond acceptors (Lipinski definition) is 1. The molecular weight excluding hydrogens is 213 g/mol. The molecule has 0 aliphatic rings. The zero-order valence-electron chi connectivity index (χ0n) is 11.3. The molecular formula is C15H24FN. The van der Waals surface area contributed by atoms with Gasteiger partial charge in [0, 0.05) is 12.1 Å². The lowest BCUT2D eigenvalue weighted by atomic mass is 10.0. The zero-order chi connectivity index (χ0) is 12.8. The molecule has 2 atom stereocenters. The van der Waals surface area contributed by atoms with E-state index in [9.17, 15) is 4.39 Å². The zero-order valence-corrected chi connectivity index (χ0v) is 11.3. The first kappa shape index (κ1) is 14.2. The molecule has 1 aromatic carbocycles. The second-order valence-electron chi connectivity index (χ2n) is 5.32. The second-order valence-corrected chi connectivity index (χ2v) is 5.32. The SMILES string of the molecule is CC(C)CCC(C)N[C@H](C)c1cccc(F)c1. The first-order chi connectivity index (χ1) is 7.99. The van der Waals surface area contributed by atoms with Crippen molar-refractivity contribution in [3.8, 4) is 0 Å². The van der Waals surface area contributed by atoms with E-state index < -0.39 is 0 Å². The third-order valence-electron chi connectivity index (χ3n) is 3.06. The van der Waals surface area contributed by atoms with Gasteiger partial charge in [-0.15, -0.1) is 0 Å². The van der Waals surface area contributed by atoms with Crippen LogP contribution in [-0.4, -0.2) is 6.04 Å². The number of benzene rings is 1. The molecule has 1 unspecified atom stereocenters. The molecule has 2 heteroatoms. The summed E-state index contributed by atoms with van der Waals surface area (Å²) >= 11 is 0. The van der Waals surface area contributed by atoms with Gasteiger partial charge in [-0.1, -0.05) is 26.0 Å². The topological polar surface area (TPSA) is 12.0 Å². The van der Waals surface area contributed by atoms with Crippen LogP contribution in [-0.2, 0) is 0 Å². The maximum Gasteiger partial charge on any atom is 0.123 e. The number of hydrogen-bond donors (Lipinski definition) is 1. The summed E-state index contributed by atoms with van der Waals surface area (Å²) in [6.45, 7) is 8.75. The Balaban J connectivity index is 2.45. The van der Waals surface area contributed by atoms with Gasteiger partial charge in [0.15, 0.2) is 0 Å². The highest BCUT2D eigenvalue weighted by Crippen LogP contribution is 2.16. The molecule has 0 heterocycles. The van der Waals surface area contributed by atoms with Crippen molar-refractivity contribution in [2.24, 2.45) is 5.92 Å². The van der Waals surface area contributed by atoms with E-state index in [0.29, 0.717) is 6.04 Å². The van der Waals surface area contributed by atoms with Crippen LogP contribution in [0.4, 0.5) is 4.39 Å². The van der Waals surface area contributed by atoms with Gasteiger partial charge in [-0.25, -0.2) is 4.39 Å². The summed E-state index contributed by atoms with van der Waals surface area (Å²) < 4.78 is 13.1. The standard InChI is InChI=1S/C15H24FN/c1-11(2)8-9-12(3)17-13(4)14-6-5-7-15(16)10-14/h5-7,10-13,17H,8-9H2,1-4H3/t12?,13-/m1/s1. The van der Waals surface area contributed by atoms with Gasteiger partial charge in [0.25, 0.3) is 0 Å². The molecule has 0 aliphatic carbocycles. The maximum absolute atomic E-state index is 13.1. The van der Waals surface area contributed by atoms with Crippen molar-refractivity contribution in [3.05, 3.63) is 35.6 Å². The average molecular weight is 237 g/mol. The van der Waals surface area contributed by atoms with Crippen LogP contribution < -0.4 is 5.32 Å². The van der Waals surface area contributed by atoms with Gasteiger partial charge in [0.2, 0.25) is 0 Å². The van der Waals surface area contributed by atoms with E-state index >= 15 is 0 Å². The summed E-state index contributed by atoms with van der Waals surface area (Å²) in [4.78, 5) is 0. The largest absolute Gasteiger partial charge is 0.308 e. The van der Waals surface area contributed by atoms with E-state index in [2.05, 4.69) is 33.0 Å². The Kier molecular flexibility index (Phi) is 5.63. The Bertz CT molecular complexity index is 335. The van der Waals surface area contributed by atoms with Crippen LogP contribution in [0.3, 0.4) is 0 Å². The smallest absolute Gasteiger partial charge is 0.123 e. The molecule has 0 radical (unpaired) electrons. The van der Waals surface area contributed by atoms with E-state index in [4.69, 9.17) is 0 Å². The van der Waals surface area contributed by atoms with Gasteiger partial charge in [-0.05, 0) is 50.3 Å². The Morgan fingerprint density at radius 3 is 2.41 bits per heavy atom. The summed E-state index contributed by atoms with van der Waals surface area (Å²) in [7, 11) is 0. The lowest BCUT2D eigenvalue weighted by Crippen LogP contribution is -2.29. The first-order valence-electron chi connectivity index (χ1n) is 6.50. The fourth-order valence-corrected chi connectivity index (χ4v) is 1.97. The van der Waals surface area contributed by atoms with Gasteiger partial charge in [0.1, 0.15) is 5.82 Å². The second kappa shape index (κ2) is 6.75. The van der Waals surface area contributed by atoms with Gasteiger partial charge < -0.3 is 5.32 Å². The van der Waals surface area contributed by atoms with Gasteiger partial charge in [-0.2, -0.15) is 0 Å². The molecule has 0 fully saturated rings. The van der Waals surface area contributed by atoms with E-state index in [1.165, 1.54) is 12.5 Å². The minimum atomic E-state index is -0.161. The highest BCUT2D eigenvalue weighted by Gasteiger charge is 2.10. The fourth-order valence-electron chi connectivity index (χ4n) is 1.97. The lowest BCUT2D eigenvalue weighted by Gasteiger charge is -2.21. The lowest BCUT2D eigenvalue weighted by molar-refractivity contribution is 0.416. The molecule has 1 N–H and O–H groups in total. The monoisotopic (exact) mass is 237 g/mol. The minimum Gasteiger partial charge on any atom is -0.308 e. The fraction of sp³-hybridized carbons (Fsp3) is 0.600. The van der Waals surface area contributed by atoms with Crippen molar-refractivity contribution in [1.82, 2.24) is 5.32 Å². The Morgan fingerprint density at radius 2 is 1.82 bits per heavy atom. The third-order valence-corrected chi connectivity index (χ3v) is 3.06. The van der Waals surface area contributed by atoms with Crippen molar-refractivity contribution in [2.45, 2.75) is 52.6 Å². The molecule has 1 nitrogen and oxygen atoms in total. The molecule has 0 saturated carbocycles. The van der Waals surface area contributed by atoms with E-state index in [0.717, 1.165) is 17.9 Å². The quantitative estimate of drug-likeness (QED) is 0.777. The summed E-state index contributed by atoms with van der Waals surface area (Å²) in [6, 6.07) is 7.49. The number of halogens is 1. The Hall–Kier alpha value is -0.890. The molecule has 0 spiro atoms. The molecule has 17 heavy (non-hydrogen) atoms. The third kappa shape index (κ3) is 5.31. The average Bonchev–Trinajstić information content (AvgIpc) is 2.26. The molecule has 0 saturated heterocycles. The van der Waals surface area contributed by atoms with Crippen molar-refractivity contribution in [1.29, 1.82) is 0 Å². The highest BCUT2D eigenvalue weighted by atomic mass is 19.1. The van der Waals surface area contributed by atoms with Crippen LogP contribution in [0.25, 0.3) is 0 Å². The molecule has 0 amide bonds. The Morgan fingerprint density at radius 1 is 1.12 bits per heavy atom. The number of rotatable bonds is 6. The maximum atomic E-state index is 13.1. The van der Waals surface area contributed by atoms with Crippen molar-refractivity contribution in [3.63, 3.8) is 0 Å². The molecule has 0 aliphatic heterocycles. The minimum absolute atomic E-state index is 0.161. The van der Waals surface area contributed by atoms with Gasteiger partial charge in [-0.3, -0.25) is 0 Å². The highest BCUT2D eigenvalue weighted by molar-refractivity contribution is 5.19. The Labute approximate surface area is 104 Å². The van der Waals surface area contributed by atoms with Crippen LogP contribution >= 0.6 is 0 Å². The van der Waals surface area contributed by atoms with Crippen molar-refractivity contribution in [2.75, 3.05) is 0 Å². The van der Waals surface area contributed by atoms with Crippen molar-refractivity contribution >= 4 is 0 Å².